The molecule has 3 aromatic carbocycles. The summed E-state index contributed by atoms with van der Waals surface area (Å²) in [5.41, 5.74) is -0.573. The van der Waals surface area contributed by atoms with Crippen LogP contribution < -0.4 is 20.8 Å². The molecule has 0 spiro atoms. The molecule has 0 aliphatic carbocycles. The Kier molecular flexibility index (Phi) is 8.83. The van der Waals surface area contributed by atoms with Gasteiger partial charge in [-0.1, -0.05) is 42.5 Å². The van der Waals surface area contributed by atoms with Gasteiger partial charge in [0.25, 0.3) is 5.91 Å². The van der Waals surface area contributed by atoms with Crippen molar-refractivity contribution in [2.45, 2.75) is 17.5 Å². The van der Waals surface area contributed by atoms with E-state index >= 15 is 4.39 Å². The molecule has 232 valence electrons. The Morgan fingerprint density at radius 1 is 1.07 bits per heavy atom. The summed E-state index contributed by atoms with van der Waals surface area (Å²) < 4.78 is 59.3. The monoisotopic (exact) mass is 636 g/mol. The fraction of sp³-hybridized carbons (Fsp3) is 0.167. The van der Waals surface area contributed by atoms with Crippen LogP contribution in [0.3, 0.4) is 0 Å². The van der Waals surface area contributed by atoms with Crippen molar-refractivity contribution in [3.05, 3.63) is 99.8 Å². The average Bonchev–Trinajstić information content (AvgIpc) is 3.54. The second kappa shape index (κ2) is 12.8. The maximum Gasteiger partial charge on any atom is 0.323 e. The minimum absolute atomic E-state index is 0.203. The lowest BCUT2D eigenvalue weighted by Crippen LogP contribution is -2.48. The smallest absolute Gasteiger partial charge is 0.323 e. The molecule has 12 nitrogen and oxygen atoms in total. The van der Waals surface area contributed by atoms with Gasteiger partial charge in [0.1, 0.15) is 17.4 Å². The summed E-state index contributed by atoms with van der Waals surface area (Å²) in [6, 6.07) is 14.0. The Morgan fingerprint density at radius 2 is 1.76 bits per heavy atom. The molecular formula is C30H26F2N6O6S. The summed E-state index contributed by atoms with van der Waals surface area (Å²) in [5, 5.41) is 14.2. The molecular weight excluding hydrogens is 610 g/mol. The highest BCUT2D eigenvalue weighted by Crippen LogP contribution is 2.23. The van der Waals surface area contributed by atoms with Gasteiger partial charge < -0.3 is 20.3 Å². The third-order valence-electron chi connectivity index (χ3n) is 6.99. The predicted octanol–water partition coefficient (Wildman–Crippen LogP) is 2.18. The van der Waals surface area contributed by atoms with Crippen molar-refractivity contribution in [1.82, 2.24) is 19.9 Å². The van der Waals surface area contributed by atoms with Gasteiger partial charge in [0.15, 0.2) is 5.82 Å². The van der Waals surface area contributed by atoms with E-state index in [0.29, 0.717) is 6.54 Å². The number of guanidine groups is 1. The summed E-state index contributed by atoms with van der Waals surface area (Å²) >= 11 is 0. The lowest BCUT2D eigenvalue weighted by atomic mass is 10.1. The molecule has 0 saturated heterocycles. The number of carbonyl (C=O) groups is 2. The largest absolute Gasteiger partial charge is 0.480 e. The fourth-order valence-corrected chi connectivity index (χ4v) is 5.89. The van der Waals surface area contributed by atoms with Crippen LogP contribution in [-0.2, 0) is 28.4 Å². The van der Waals surface area contributed by atoms with Gasteiger partial charge in [0.2, 0.25) is 21.4 Å². The Balaban J connectivity index is 1.32. The molecule has 0 radical (unpaired) electrons. The standard InChI is InChI=1S/C30H26F2N6O6S/c1-38-16-22(27(39)20-13-23(31)21(25(32)26(20)38)14-36-30-33-11-12-34-30)28(40)35-15-24(29(41)42)37-45(43,44)19-9-7-18(8-10-19)17-5-3-2-4-6-17/h2-11,13,16,24,37H,12,14-15H2,1H3,(H,34,36)(H,35,40)(H,41,42). The third kappa shape index (κ3) is 6.63. The highest BCUT2D eigenvalue weighted by molar-refractivity contribution is 7.89. The highest BCUT2D eigenvalue weighted by atomic mass is 32.2. The van der Waals surface area contributed by atoms with Crippen LogP contribution in [0, 0.1) is 11.6 Å². The number of hydrogen-bond donors (Lipinski definition) is 4. The number of aromatic nitrogens is 1. The van der Waals surface area contributed by atoms with Gasteiger partial charge in [-0.25, -0.2) is 27.2 Å². The Morgan fingerprint density at radius 3 is 2.40 bits per heavy atom. The lowest BCUT2D eigenvalue weighted by molar-refractivity contribution is -0.138. The number of sulfonamides is 1. The number of pyridine rings is 1. The van der Waals surface area contributed by atoms with Crippen molar-refractivity contribution in [3.63, 3.8) is 0 Å². The predicted molar refractivity (Wildman–Crippen MR) is 163 cm³/mol. The number of carbonyl (C=O) groups excluding carboxylic acids is 1. The first-order valence-corrected chi connectivity index (χ1v) is 14.9. The summed E-state index contributed by atoms with van der Waals surface area (Å²) in [5.74, 6) is -4.52. The van der Waals surface area contributed by atoms with E-state index in [-0.39, 0.29) is 28.5 Å². The van der Waals surface area contributed by atoms with Crippen LogP contribution in [0.5, 0.6) is 0 Å². The Hall–Kier alpha value is -5.28. The zero-order valence-electron chi connectivity index (χ0n) is 23.6. The molecule has 15 heteroatoms. The molecule has 45 heavy (non-hydrogen) atoms. The van der Waals surface area contributed by atoms with Crippen molar-refractivity contribution >= 4 is 45.0 Å². The maximum atomic E-state index is 15.4. The molecule has 0 saturated carbocycles. The lowest BCUT2D eigenvalue weighted by Gasteiger charge is -2.17. The van der Waals surface area contributed by atoms with Crippen molar-refractivity contribution in [2.75, 3.05) is 13.1 Å². The number of carboxylic acids is 1. The van der Waals surface area contributed by atoms with E-state index in [2.05, 4.69) is 20.6 Å². The Bertz CT molecular complexity index is 2030. The molecule has 5 rings (SSSR count). The molecule has 1 amide bonds. The molecule has 2 heterocycles. The van der Waals surface area contributed by atoms with Gasteiger partial charge in [-0.05, 0) is 29.3 Å². The number of nitrogens with one attached hydrogen (secondary N) is 3. The van der Waals surface area contributed by atoms with Gasteiger partial charge in [-0.15, -0.1) is 0 Å². The number of aliphatic imine (C=N–C) groups is 2. The topological polar surface area (TPSA) is 171 Å². The molecule has 4 N–H and O–H groups in total. The quantitative estimate of drug-likeness (QED) is 0.207. The molecule has 0 fully saturated rings. The molecule has 1 aromatic heterocycles. The number of halogens is 2. The van der Waals surface area contributed by atoms with E-state index in [1.807, 2.05) is 35.1 Å². The van der Waals surface area contributed by atoms with E-state index in [4.69, 9.17) is 0 Å². The number of carboxylic acid groups (broad SMARTS) is 1. The summed E-state index contributed by atoms with van der Waals surface area (Å²) in [6.07, 6.45) is 2.54. The van der Waals surface area contributed by atoms with Gasteiger partial charge in [0.05, 0.1) is 22.3 Å². The van der Waals surface area contributed by atoms with Crippen LogP contribution in [0.4, 0.5) is 8.78 Å². The van der Waals surface area contributed by atoms with Gasteiger partial charge in [-0.2, -0.15) is 4.72 Å². The number of hydrogen-bond acceptors (Lipinski definition) is 8. The normalized spacial score (nSPS) is 13.4. The third-order valence-corrected chi connectivity index (χ3v) is 8.48. The average molecular weight is 637 g/mol. The van der Waals surface area contributed by atoms with Crippen LogP contribution >= 0.6 is 0 Å². The maximum absolute atomic E-state index is 15.4. The van der Waals surface area contributed by atoms with Crippen LogP contribution in [0.2, 0.25) is 0 Å². The van der Waals surface area contributed by atoms with Gasteiger partial charge in [0, 0.05) is 38.1 Å². The summed E-state index contributed by atoms with van der Waals surface area (Å²) in [4.78, 5) is 45.7. The molecule has 1 aliphatic heterocycles. The second-order valence-electron chi connectivity index (χ2n) is 9.97. The fourth-order valence-electron chi connectivity index (χ4n) is 4.70. The number of rotatable bonds is 10. The van der Waals surface area contributed by atoms with E-state index in [9.17, 15) is 32.3 Å². The van der Waals surface area contributed by atoms with E-state index in [1.165, 1.54) is 25.4 Å². The van der Waals surface area contributed by atoms with Crippen LogP contribution in [0.1, 0.15) is 15.9 Å². The number of benzene rings is 3. The van der Waals surface area contributed by atoms with E-state index in [0.717, 1.165) is 28.0 Å². The first-order chi connectivity index (χ1) is 21.5. The molecule has 1 atom stereocenters. The second-order valence-corrected chi connectivity index (χ2v) is 11.7. The minimum Gasteiger partial charge on any atom is -0.480 e. The SMILES string of the molecule is Cn1cc(C(=O)NCC(NS(=O)(=O)c2ccc(-c3ccccc3)cc2)C(=O)O)c(=O)c2cc(F)c(CNC3=NCC=N3)c(F)c21. The number of fused-ring (bicyclic) bond motifs is 1. The zero-order valence-corrected chi connectivity index (χ0v) is 24.4. The van der Waals surface area contributed by atoms with Gasteiger partial charge in [-0.3, -0.25) is 14.4 Å². The minimum atomic E-state index is -4.34. The molecule has 0 bridgehead atoms. The van der Waals surface area contributed by atoms with Gasteiger partial charge >= 0.3 is 5.97 Å². The van der Waals surface area contributed by atoms with Crippen LogP contribution in [0.15, 0.2) is 86.5 Å². The number of aryl methyl sites for hydroxylation is 1. The summed E-state index contributed by atoms with van der Waals surface area (Å²) in [6.45, 7) is -0.702. The van der Waals surface area contributed by atoms with Crippen molar-refractivity contribution in [2.24, 2.45) is 17.0 Å². The highest BCUT2D eigenvalue weighted by Gasteiger charge is 2.27. The molecule has 1 unspecified atom stereocenters. The van der Waals surface area contributed by atoms with Crippen molar-refractivity contribution in [1.29, 1.82) is 0 Å². The number of nitrogens with zero attached hydrogens (tertiary/aromatic N) is 3. The number of amides is 1. The summed E-state index contributed by atoms with van der Waals surface area (Å²) in [7, 11) is -2.99. The van der Waals surface area contributed by atoms with Crippen LogP contribution in [-0.4, -0.2) is 61.3 Å². The number of aliphatic carboxylic acids is 1. The van der Waals surface area contributed by atoms with Crippen LogP contribution in [0.25, 0.3) is 22.0 Å². The Labute approximate surface area is 255 Å². The van der Waals surface area contributed by atoms with Crippen molar-refractivity contribution in [3.8, 4) is 11.1 Å². The van der Waals surface area contributed by atoms with E-state index in [1.54, 1.807) is 12.1 Å². The van der Waals surface area contributed by atoms with Crippen molar-refractivity contribution < 1.29 is 31.9 Å². The molecule has 1 aliphatic rings. The molecule has 4 aromatic rings. The zero-order chi connectivity index (χ0) is 32.3. The first-order valence-electron chi connectivity index (χ1n) is 13.5. The van der Waals surface area contributed by atoms with E-state index < -0.39 is 62.5 Å². The first kappa shape index (κ1) is 31.2.